The molecule has 0 unspecified atom stereocenters. The Kier molecular flexibility index (Phi) is 3.67. The van der Waals surface area contributed by atoms with Crippen molar-refractivity contribution in [2.24, 2.45) is 5.11 Å². The van der Waals surface area contributed by atoms with Gasteiger partial charge >= 0.3 is 0 Å². The molecule has 0 spiro atoms. The average molecular weight is 177 g/mol. The summed E-state index contributed by atoms with van der Waals surface area (Å²) in [7, 11) is 0. The van der Waals surface area contributed by atoms with E-state index in [1.165, 1.54) is 5.56 Å². The first-order valence-electron chi connectivity index (χ1n) is 4.03. The van der Waals surface area contributed by atoms with Crippen LogP contribution in [-0.4, -0.2) is 13.2 Å². The number of benzene rings is 1. The Balaban J connectivity index is 2.37. The maximum Gasteiger partial charge on any atom is 0.119 e. The zero-order valence-electron chi connectivity index (χ0n) is 7.47. The minimum Gasteiger partial charge on any atom is -0.493 e. The number of hydrogen-bond donors (Lipinski definition) is 0. The van der Waals surface area contributed by atoms with Gasteiger partial charge in [-0.05, 0) is 24.6 Å². The molecule has 68 valence electrons. The summed E-state index contributed by atoms with van der Waals surface area (Å²) in [6, 6.07) is 7.74. The molecule has 13 heavy (non-hydrogen) atoms. The molecule has 1 aromatic rings. The van der Waals surface area contributed by atoms with Crippen LogP contribution in [0.2, 0.25) is 0 Å². The fraction of sp³-hybridized carbons (Fsp3) is 0.333. The molecule has 0 heterocycles. The average Bonchev–Trinajstić information content (AvgIpc) is 2.15. The Morgan fingerprint density at radius 2 is 2.08 bits per heavy atom. The predicted octanol–water partition coefficient (Wildman–Crippen LogP) is 2.68. The van der Waals surface area contributed by atoms with E-state index in [0.29, 0.717) is 13.2 Å². The quantitative estimate of drug-likeness (QED) is 0.302. The van der Waals surface area contributed by atoms with Crippen molar-refractivity contribution in [3.05, 3.63) is 40.3 Å². The fourth-order valence-corrected chi connectivity index (χ4v) is 0.884. The van der Waals surface area contributed by atoms with Crippen LogP contribution in [0.25, 0.3) is 10.4 Å². The van der Waals surface area contributed by atoms with E-state index in [-0.39, 0.29) is 0 Å². The van der Waals surface area contributed by atoms with E-state index < -0.39 is 0 Å². The lowest BCUT2D eigenvalue weighted by Crippen LogP contribution is -1.99. The third-order valence-corrected chi connectivity index (χ3v) is 1.54. The first-order chi connectivity index (χ1) is 6.33. The van der Waals surface area contributed by atoms with Crippen LogP contribution < -0.4 is 4.74 Å². The van der Waals surface area contributed by atoms with Crippen LogP contribution in [0.3, 0.4) is 0 Å². The second kappa shape index (κ2) is 5.06. The molecule has 0 atom stereocenters. The van der Waals surface area contributed by atoms with Gasteiger partial charge in [0.1, 0.15) is 5.75 Å². The maximum absolute atomic E-state index is 8.00. The monoisotopic (exact) mass is 177 g/mol. The van der Waals surface area contributed by atoms with Gasteiger partial charge in [0.25, 0.3) is 0 Å². The molecule has 0 fully saturated rings. The van der Waals surface area contributed by atoms with E-state index in [1.54, 1.807) is 0 Å². The predicted molar refractivity (Wildman–Crippen MR) is 50.7 cm³/mol. The summed E-state index contributed by atoms with van der Waals surface area (Å²) in [6.07, 6.45) is 0. The molecule has 0 bridgehead atoms. The molecule has 1 rings (SSSR count). The number of aryl methyl sites for hydroxylation is 1. The SMILES string of the molecule is Cc1ccc(OCCN=[N+]=[N-])cc1. The molecule has 0 amide bonds. The Morgan fingerprint density at radius 1 is 1.38 bits per heavy atom. The molecule has 4 nitrogen and oxygen atoms in total. The minimum atomic E-state index is 0.365. The van der Waals surface area contributed by atoms with Crippen LogP contribution >= 0.6 is 0 Å². The van der Waals surface area contributed by atoms with Gasteiger partial charge in [0, 0.05) is 4.91 Å². The summed E-state index contributed by atoms with van der Waals surface area (Å²) in [6.45, 7) is 2.81. The molecule has 0 aromatic heterocycles. The van der Waals surface area contributed by atoms with Crippen LogP contribution in [-0.2, 0) is 0 Å². The molecule has 0 radical (unpaired) electrons. The largest absolute Gasteiger partial charge is 0.493 e. The number of ether oxygens (including phenoxy) is 1. The summed E-state index contributed by atoms with van der Waals surface area (Å²) >= 11 is 0. The summed E-state index contributed by atoms with van der Waals surface area (Å²) in [4.78, 5) is 2.63. The summed E-state index contributed by atoms with van der Waals surface area (Å²) in [5.41, 5.74) is 9.20. The summed E-state index contributed by atoms with van der Waals surface area (Å²) in [5.74, 6) is 0.804. The highest BCUT2D eigenvalue weighted by Gasteiger charge is 1.90. The summed E-state index contributed by atoms with van der Waals surface area (Å²) in [5, 5.41) is 3.36. The summed E-state index contributed by atoms with van der Waals surface area (Å²) < 4.78 is 5.30. The zero-order valence-corrected chi connectivity index (χ0v) is 7.47. The van der Waals surface area contributed by atoms with Crippen LogP contribution in [0.15, 0.2) is 29.4 Å². The second-order valence-corrected chi connectivity index (χ2v) is 2.62. The van der Waals surface area contributed by atoms with Crippen LogP contribution in [0.1, 0.15) is 5.56 Å². The van der Waals surface area contributed by atoms with E-state index in [0.717, 1.165) is 5.75 Å². The standard InChI is InChI=1S/C9H11N3O/c1-8-2-4-9(5-3-8)13-7-6-11-12-10/h2-5H,6-7H2,1H3. The number of rotatable bonds is 4. The van der Waals surface area contributed by atoms with Crippen molar-refractivity contribution in [1.82, 2.24) is 0 Å². The normalized spacial score (nSPS) is 9.00. The van der Waals surface area contributed by atoms with Crippen LogP contribution in [0.5, 0.6) is 5.75 Å². The molecule has 4 heteroatoms. The van der Waals surface area contributed by atoms with E-state index in [1.807, 2.05) is 31.2 Å². The van der Waals surface area contributed by atoms with Gasteiger partial charge in [-0.25, -0.2) is 0 Å². The second-order valence-electron chi connectivity index (χ2n) is 2.62. The van der Waals surface area contributed by atoms with E-state index in [2.05, 4.69) is 10.0 Å². The number of hydrogen-bond acceptors (Lipinski definition) is 2. The highest BCUT2D eigenvalue weighted by molar-refractivity contribution is 5.26. The minimum absolute atomic E-state index is 0.365. The molecular weight excluding hydrogens is 166 g/mol. The Hall–Kier alpha value is -1.67. The Morgan fingerprint density at radius 3 is 2.69 bits per heavy atom. The molecule has 0 N–H and O–H groups in total. The zero-order chi connectivity index (χ0) is 9.52. The number of nitrogens with zero attached hydrogens (tertiary/aromatic N) is 3. The van der Waals surface area contributed by atoms with Gasteiger partial charge < -0.3 is 4.74 Å². The lowest BCUT2D eigenvalue weighted by molar-refractivity contribution is 0.328. The maximum atomic E-state index is 8.00. The molecule has 0 saturated heterocycles. The van der Waals surface area contributed by atoms with Gasteiger partial charge in [-0.1, -0.05) is 22.8 Å². The van der Waals surface area contributed by atoms with Gasteiger partial charge in [0.2, 0.25) is 0 Å². The highest BCUT2D eigenvalue weighted by atomic mass is 16.5. The van der Waals surface area contributed by atoms with Crippen molar-refractivity contribution < 1.29 is 4.74 Å². The van der Waals surface area contributed by atoms with Gasteiger partial charge in [-0.2, -0.15) is 0 Å². The van der Waals surface area contributed by atoms with Crippen molar-refractivity contribution in [2.75, 3.05) is 13.2 Å². The lowest BCUT2D eigenvalue weighted by Gasteiger charge is -2.03. The Bertz CT molecular complexity index is 301. The van der Waals surface area contributed by atoms with Crippen LogP contribution in [0.4, 0.5) is 0 Å². The van der Waals surface area contributed by atoms with Crippen molar-refractivity contribution in [2.45, 2.75) is 6.92 Å². The molecular formula is C9H11N3O. The van der Waals surface area contributed by atoms with E-state index in [9.17, 15) is 0 Å². The van der Waals surface area contributed by atoms with Gasteiger partial charge in [0.15, 0.2) is 0 Å². The molecule has 0 aliphatic heterocycles. The fourth-order valence-electron chi connectivity index (χ4n) is 0.884. The third kappa shape index (κ3) is 3.49. The lowest BCUT2D eigenvalue weighted by atomic mass is 10.2. The molecule has 1 aromatic carbocycles. The molecule has 0 aliphatic carbocycles. The van der Waals surface area contributed by atoms with Crippen molar-refractivity contribution in [3.63, 3.8) is 0 Å². The smallest absolute Gasteiger partial charge is 0.119 e. The topological polar surface area (TPSA) is 58.0 Å². The molecule has 0 saturated carbocycles. The van der Waals surface area contributed by atoms with Gasteiger partial charge in [-0.3, -0.25) is 0 Å². The van der Waals surface area contributed by atoms with E-state index in [4.69, 9.17) is 10.3 Å². The first-order valence-corrected chi connectivity index (χ1v) is 4.03. The van der Waals surface area contributed by atoms with Crippen molar-refractivity contribution in [1.29, 1.82) is 0 Å². The van der Waals surface area contributed by atoms with Crippen molar-refractivity contribution in [3.8, 4) is 5.75 Å². The van der Waals surface area contributed by atoms with Gasteiger partial charge in [0.05, 0.1) is 13.2 Å². The van der Waals surface area contributed by atoms with Gasteiger partial charge in [-0.15, -0.1) is 0 Å². The highest BCUT2D eigenvalue weighted by Crippen LogP contribution is 2.10. The van der Waals surface area contributed by atoms with Crippen LogP contribution in [0, 0.1) is 6.92 Å². The number of azide groups is 1. The van der Waals surface area contributed by atoms with E-state index >= 15 is 0 Å². The molecule has 0 aliphatic rings. The Labute approximate surface area is 76.8 Å². The van der Waals surface area contributed by atoms with Crippen molar-refractivity contribution >= 4 is 0 Å². The first kappa shape index (κ1) is 9.42. The third-order valence-electron chi connectivity index (χ3n) is 1.54.